The van der Waals surface area contributed by atoms with Crippen LogP contribution in [0.25, 0.3) is 0 Å². The number of hydrogen-bond acceptors (Lipinski definition) is 2. The summed E-state index contributed by atoms with van der Waals surface area (Å²) in [5.74, 6) is -0.557. The van der Waals surface area contributed by atoms with Crippen LogP contribution in [-0.4, -0.2) is 22.3 Å². The summed E-state index contributed by atoms with van der Waals surface area (Å²) in [6, 6.07) is 7.82. The van der Waals surface area contributed by atoms with Crippen molar-refractivity contribution in [3.8, 4) is 0 Å². The minimum absolute atomic E-state index is 0.154. The lowest BCUT2D eigenvalue weighted by Crippen LogP contribution is -2.30. The average Bonchev–Trinajstić information content (AvgIpc) is 2.46. The molecule has 0 atom stereocenters. The van der Waals surface area contributed by atoms with E-state index in [-0.39, 0.29) is 16.9 Å². The maximum Gasteiger partial charge on any atom is 0.257 e. The highest BCUT2D eigenvalue weighted by Gasteiger charge is 2.18. The maximum absolute atomic E-state index is 13.2. The predicted molar refractivity (Wildman–Crippen MR) is 83.8 cm³/mol. The summed E-state index contributed by atoms with van der Waals surface area (Å²) in [7, 11) is 0. The smallest absolute Gasteiger partial charge is 0.257 e. The molecule has 0 saturated heterocycles. The highest BCUT2D eigenvalue weighted by atomic mass is 79.9. The molecule has 0 spiro atoms. The van der Waals surface area contributed by atoms with Crippen molar-refractivity contribution in [2.24, 2.45) is 0 Å². The number of pyridine rings is 1. The standard InChI is InChI=1S/C15H13BrClFN2O/c1-2-20(9-10-4-3-5-12(18)6-10)15(21)13-7-11(16)8-19-14(13)17/h3-8H,2,9H2,1H3. The third-order valence-corrected chi connectivity index (χ3v) is 3.70. The summed E-state index contributed by atoms with van der Waals surface area (Å²) in [5.41, 5.74) is 1.05. The molecule has 2 rings (SSSR count). The molecule has 0 unspecified atom stereocenters. The Morgan fingerprint density at radius 3 is 2.86 bits per heavy atom. The molecule has 110 valence electrons. The van der Waals surface area contributed by atoms with Gasteiger partial charge in [0.05, 0.1) is 5.56 Å². The topological polar surface area (TPSA) is 33.2 Å². The molecule has 0 bridgehead atoms. The number of carbonyl (C=O) groups excluding carboxylic acids is 1. The van der Waals surface area contributed by atoms with Gasteiger partial charge in [-0.2, -0.15) is 0 Å². The van der Waals surface area contributed by atoms with E-state index in [9.17, 15) is 9.18 Å². The molecule has 1 aromatic heterocycles. The van der Waals surface area contributed by atoms with E-state index in [2.05, 4.69) is 20.9 Å². The normalized spacial score (nSPS) is 10.5. The summed E-state index contributed by atoms with van der Waals surface area (Å²) in [6.45, 7) is 2.66. The van der Waals surface area contributed by atoms with Crippen molar-refractivity contribution in [2.45, 2.75) is 13.5 Å². The molecular formula is C15H13BrClFN2O. The van der Waals surface area contributed by atoms with E-state index < -0.39 is 0 Å². The minimum atomic E-state index is -0.321. The van der Waals surface area contributed by atoms with Crippen LogP contribution in [0.1, 0.15) is 22.8 Å². The van der Waals surface area contributed by atoms with Crippen molar-refractivity contribution >= 4 is 33.4 Å². The molecule has 0 fully saturated rings. The maximum atomic E-state index is 13.2. The molecule has 2 aromatic rings. The van der Waals surface area contributed by atoms with Gasteiger partial charge in [0.25, 0.3) is 5.91 Å². The number of amides is 1. The zero-order chi connectivity index (χ0) is 15.4. The van der Waals surface area contributed by atoms with Crippen molar-refractivity contribution in [2.75, 3.05) is 6.54 Å². The Morgan fingerprint density at radius 2 is 2.19 bits per heavy atom. The summed E-state index contributed by atoms with van der Waals surface area (Å²) in [5, 5.41) is 0.154. The first-order valence-electron chi connectivity index (χ1n) is 6.36. The molecular weight excluding hydrogens is 359 g/mol. The largest absolute Gasteiger partial charge is 0.335 e. The fourth-order valence-corrected chi connectivity index (χ4v) is 2.44. The predicted octanol–water partition coefficient (Wildman–Crippen LogP) is 4.30. The fraction of sp³-hybridized carbons (Fsp3) is 0.200. The summed E-state index contributed by atoms with van der Waals surface area (Å²) >= 11 is 9.25. The summed E-state index contributed by atoms with van der Waals surface area (Å²) < 4.78 is 13.9. The summed E-state index contributed by atoms with van der Waals surface area (Å²) in [4.78, 5) is 18.1. The molecule has 1 aromatic carbocycles. The highest BCUT2D eigenvalue weighted by Crippen LogP contribution is 2.20. The van der Waals surface area contributed by atoms with Crippen LogP contribution >= 0.6 is 27.5 Å². The molecule has 1 heterocycles. The lowest BCUT2D eigenvalue weighted by molar-refractivity contribution is 0.0752. The highest BCUT2D eigenvalue weighted by molar-refractivity contribution is 9.10. The first-order valence-corrected chi connectivity index (χ1v) is 7.53. The van der Waals surface area contributed by atoms with Gasteiger partial charge in [0.1, 0.15) is 11.0 Å². The lowest BCUT2D eigenvalue weighted by Gasteiger charge is -2.21. The number of benzene rings is 1. The van der Waals surface area contributed by atoms with Crippen molar-refractivity contribution in [1.82, 2.24) is 9.88 Å². The third kappa shape index (κ3) is 4.02. The second-order valence-electron chi connectivity index (χ2n) is 4.44. The van der Waals surface area contributed by atoms with Gasteiger partial charge in [-0.25, -0.2) is 9.37 Å². The van der Waals surface area contributed by atoms with Crippen LogP contribution in [0.5, 0.6) is 0 Å². The molecule has 6 heteroatoms. The van der Waals surface area contributed by atoms with E-state index in [4.69, 9.17) is 11.6 Å². The first kappa shape index (κ1) is 15.9. The van der Waals surface area contributed by atoms with Gasteiger partial charge >= 0.3 is 0 Å². The molecule has 0 aliphatic heterocycles. The molecule has 21 heavy (non-hydrogen) atoms. The van der Waals surface area contributed by atoms with Gasteiger partial charge < -0.3 is 4.90 Å². The molecule has 0 aliphatic carbocycles. The van der Waals surface area contributed by atoms with Gasteiger partial charge in [0.15, 0.2) is 0 Å². The van der Waals surface area contributed by atoms with E-state index in [1.165, 1.54) is 18.3 Å². The third-order valence-electron chi connectivity index (χ3n) is 2.97. The Labute approximate surface area is 135 Å². The number of hydrogen-bond donors (Lipinski definition) is 0. The van der Waals surface area contributed by atoms with E-state index in [1.54, 1.807) is 23.1 Å². The number of carbonyl (C=O) groups is 1. The number of aromatic nitrogens is 1. The Morgan fingerprint density at radius 1 is 1.43 bits per heavy atom. The molecule has 0 saturated carbocycles. The monoisotopic (exact) mass is 370 g/mol. The second kappa shape index (κ2) is 7.00. The Bertz CT molecular complexity index is 666. The van der Waals surface area contributed by atoms with Crippen LogP contribution in [-0.2, 0) is 6.54 Å². The lowest BCUT2D eigenvalue weighted by atomic mass is 10.2. The Kier molecular flexibility index (Phi) is 5.31. The van der Waals surface area contributed by atoms with Gasteiger partial charge in [-0.05, 0) is 46.6 Å². The average molecular weight is 372 g/mol. The number of rotatable bonds is 4. The van der Waals surface area contributed by atoms with E-state index in [1.807, 2.05) is 6.92 Å². The number of nitrogens with zero attached hydrogens (tertiary/aromatic N) is 2. The number of halogens is 3. The zero-order valence-electron chi connectivity index (χ0n) is 11.3. The second-order valence-corrected chi connectivity index (χ2v) is 5.71. The van der Waals surface area contributed by atoms with Crippen molar-refractivity contribution in [3.63, 3.8) is 0 Å². The van der Waals surface area contributed by atoms with Crippen LogP contribution in [0, 0.1) is 5.82 Å². The molecule has 1 amide bonds. The van der Waals surface area contributed by atoms with Crippen LogP contribution < -0.4 is 0 Å². The molecule has 3 nitrogen and oxygen atoms in total. The zero-order valence-corrected chi connectivity index (χ0v) is 13.7. The molecule has 0 N–H and O–H groups in total. The van der Waals surface area contributed by atoms with E-state index in [0.29, 0.717) is 23.1 Å². The van der Waals surface area contributed by atoms with E-state index in [0.717, 1.165) is 5.56 Å². The quantitative estimate of drug-likeness (QED) is 0.751. The van der Waals surface area contributed by atoms with Gasteiger partial charge in [-0.15, -0.1) is 0 Å². The SMILES string of the molecule is CCN(Cc1cccc(F)c1)C(=O)c1cc(Br)cnc1Cl. The van der Waals surface area contributed by atoms with E-state index >= 15 is 0 Å². The minimum Gasteiger partial charge on any atom is -0.335 e. The Balaban J connectivity index is 2.24. The van der Waals surface area contributed by atoms with Crippen molar-refractivity contribution in [1.29, 1.82) is 0 Å². The van der Waals surface area contributed by atoms with Crippen molar-refractivity contribution in [3.05, 3.63) is 63.1 Å². The van der Waals surface area contributed by atoms with Gasteiger partial charge in [0.2, 0.25) is 0 Å². The van der Waals surface area contributed by atoms with Gasteiger partial charge in [0, 0.05) is 23.8 Å². The van der Waals surface area contributed by atoms with Crippen LogP contribution in [0.4, 0.5) is 4.39 Å². The first-order chi connectivity index (χ1) is 10.0. The van der Waals surface area contributed by atoms with Crippen LogP contribution in [0.15, 0.2) is 41.0 Å². The fourth-order valence-electron chi connectivity index (χ4n) is 1.93. The summed E-state index contributed by atoms with van der Waals surface area (Å²) in [6.07, 6.45) is 1.53. The molecule has 0 radical (unpaired) electrons. The van der Waals surface area contributed by atoms with Crippen LogP contribution in [0.2, 0.25) is 5.15 Å². The van der Waals surface area contributed by atoms with Crippen molar-refractivity contribution < 1.29 is 9.18 Å². The van der Waals surface area contributed by atoms with Gasteiger partial charge in [-0.3, -0.25) is 4.79 Å². The Hall–Kier alpha value is -1.46. The molecule has 0 aliphatic rings. The van der Waals surface area contributed by atoms with Crippen LogP contribution in [0.3, 0.4) is 0 Å². The van der Waals surface area contributed by atoms with Gasteiger partial charge in [-0.1, -0.05) is 23.7 Å².